The molecule has 0 bridgehead atoms. The van der Waals surface area contributed by atoms with Crippen LogP contribution in [0, 0.1) is 17.3 Å². The van der Waals surface area contributed by atoms with Gasteiger partial charge in [0, 0.05) is 19.4 Å². The third-order valence-corrected chi connectivity index (χ3v) is 3.85. The third-order valence-electron chi connectivity index (χ3n) is 3.85. The van der Waals surface area contributed by atoms with E-state index in [1.165, 1.54) is 4.90 Å². The highest BCUT2D eigenvalue weighted by Gasteiger charge is 2.63. The molecular weight excluding hydrogens is 210 g/mol. The summed E-state index contributed by atoms with van der Waals surface area (Å²) in [5.41, 5.74) is -0.311. The molecule has 5 heteroatoms. The second-order valence-electron chi connectivity index (χ2n) is 5.14. The van der Waals surface area contributed by atoms with E-state index in [-0.39, 0.29) is 42.5 Å². The van der Waals surface area contributed by atoms with E-state index in [9.17, 15) is 14.4 Å². The Bertz CT molecular complexity index is 358. The number of rotatable bonds is 3. The predicted molar refractivity (Wildman–Crippen MR) is 54.4 cm³/mol. The minimum atomic E-state index is -0.839. The summed E-state index contributed by atoms with van der Waals surface area (Å²) in [6, 6.07) is 0. The Morgan fingerprint density at radius 3 is 2.25 bits per heavy atom. The lowest BCUT2D eigenvalue weighted by molar-refractivity contribution is -0.142. The van der Waals surface area contributed by atoms with Crippen molar-refractivity contribution in [3.05, 3.63) is 0 Å². The molecule has 0 aromatic rings. The van der Waals surface area contributed by atoms with Crippen molar-refractivity contribution < 1.29 is 19.5 Å². The summed E-state index contributed by atoms with van der Waals surface area (Å²) in [5, 5.41) is 8.98. The Hall–Kier alpha value is -1.39. The number of carboxylic acid groups (broad SMARTS) is 1. The molecule has 1 heterocycles. The van der Waals surface area contributed by atoms with Crippen LogP contribution in [0.3, 0.4) is 0 Å². The van der Waals surface area contributed by atoms with Crippen LogP contribution in [0.4, 0.5) is 0 Å². The molecule has 1 saturated carbocycles. The van der Waals surface area contributed by atoms with E-state index in [0.717, 1.165) is 0 Å². The number of carboxylic acids is 1. The number of amides is 2. The minimum absolute atomic E-state index is 0.101. The highest BCUT2D eigenvalue weighted by Crippen LogP contribution is 2.58. The normalized spacial score (nSPS) is 32.0. The van der Waals surface area contributed by atoms with E-state index in [1.54, 1.807) is 0 Å². The molecule has 88 valence electrons. The van der Waals surface area contributed by atoms with E-state index in [1.807, 2.05) is 13.8 Å². The lowest BCUT2D eigenvalue weighted by atomic mass is 10.1. The molecule has 2 rings (SSSR count). The fraction of sp³-hybridized carbons (Fsp3) is 0.727. The van der Waals surface area contributed by atoms with Gasteiger partial charge in [-0.1, -0.05) is 13.8 Å². The number of likely N-dealkylation sites (tertiary alicyclic amines) is 1. The third kappa shape index (κ3) is 1.50. The van der Waals surface area contributed by atoms with Gasteiger partial charge in [0.2, 0.25) is 11.8 Å². The van der Waals surface area contributed by atoms with E-state index >= 15 is 0 Å². The summed E-state index contributed by atoms with van der Waals surface area (Å²) >= 11 is 0. The maximum Gasteiger partial charge on any atom is 0.307 e. The number of hydrogen-bond acceptors (Lipinski definition) is 3. The molecule has 2 fully saturated rings. The van der Waals surface area contributed by atoms with Crippen LogP contribution in [0.2, 0.25) is 0 Å². The maximum absolute atomic E-state index is 11.4. The standard InChI is InChI=1S/C11H15NO4/c1-11(2)6(9(11)10(15)16)5-12-7(13)3-4-8(12)14/h6,9H,3-5H2,1-2H3,(H,15,16). The molecule has 1 aliphatic heterocycles. The Morgan fingerprint density at radius 2 is 1.88 bits per heavy atom. The Morgan fingerprint density at radius 1 is 1.38 bits per heavy atom. The number of imide groups is 1. The zero-order chi connectivity index (χ0) is 12.1. The molecule has 2 unspecified atom stereocenters. The quantitative estimate of drug-likeness (QED) is 0.709. The van der Waals surface area contributed by atoms with Gasteiger partial charge in [-0.3, -0.25) is 19.3 Å². The first-order valence-electron chi connectivity index (χ1n) is 5.41. The number of carbonyl (C=O) groups is 3. The van der Waals surface area contributed by atoms with Gasteiger partial charge in [0.05, 0.1) is 5.92 Å². The molecule has 0 spiro atoms. The number of carbonyl (C=O) groups excluding carboxylic acids is 2. The average molecular weight is 225 g/mol. The highest BCUT2D eigenvalue weighted by atomic mass is 16.4. The molecule has 2 aliphatic rings. The summed E-state index contributed by atoms with van der Waals surface area (Å²) in [6.45, 7) is 3.99. The van der Waals surface area contributed by atoms with E-state index in [2.05, 4.69) is 0 Å². The van der Waals surface area contributed by atoms with Crippen LogP contribution >= 0.6 is 0 Å². The van der Waals surface area contributed by atoms with Crippen LogP contribution in [-0.4, -0.2) is 34.3 Å². The Kier molecular flexibility index (Phi) is 2.29. The molecule has 1 N–H and O–H groups in total. The average Bonchev–Trinajstić information content (AvgIpc) is 2.57. The van der Waals surface area contributed by atoms with Crippen LogP contribution in [0.5, 0.6) is 0 Å². The van der Waals surface area contributed by atoms with Gasteiger partial charge in [-0.15, -0.1) is 0 Å². The fourth-order valence-corrected chi connectivity index (χ4v) is 2.60. The van der Waals surface area contributed by atoms with Gasteiger partial charge >= 0.3 is 5.97 Å². The maximum atomic E-state index is 11.4. The van der Waals surface area contributed by atoms with Gasteiger partial charge in [0.1, 0.15) is 0 Å². The topological polar surface area (TPSA) is 74.7 Å². The fourth-order valence-electron chi connectivity index (χ4n) is 2.60. The predicted octanol–water partition coefficient (Wildman–Crippen LogP) is 0.492. The first-order chi connectivity index (χ1) is 7.35. The molecule has 2 amide bonds. The second-order valence-corrected chi connectivity index (χ2v) is 5.14. The van der Waals surface area contributed by atoms with Crippen molar-refractivity contribution in [3.63, 3.8) is 0 Å². The van der Waals surface area contributed by atoms with Crippen molar-refractivity contribution in [1.29, 1.82) is 0 Å². The molecule has 1 aliphatic carbocycles. The highest BCUT2D eigenvalue weighted by molar-refractivity contribution is 6.02. The zero-order valence-corrected chi connectivity index (χ0v) is 9.40. The van der Waals surface area contributed by atoms with Gasteiger partial charge in [-0.05, 0) is 11.3 Å². The number of hydrogen-bond donors (Lipinski definition) is 1. The van der Waals surface area contributed by atoms with Gasteiger partial charge in [0.25, 0.3) is 0 Å². The van der Waals surface area contributed by atoms with Crippen molar-refractivity contribution in [2.24, 2.45) is 17.3 Å². The molecule has 0 aromatic heterocycles. The van der Waals surface area contributed by atoms with Gasteiger partial charge in [-0.25, -0.2) is 0 Å². The van der Waals surface area contributed by atoms with E-state index < -0.39 is 11.9 Å². The van der Waals surface area contributed by atoms with Gasteiger partial charge < -0.3 is 5.11 Å². The summed E-state index contributed by atoms with van der Waals surface area (Å²) in [5.74, 6) is -1.72. The van der Waals surface area contributed by atoms with Crippen LogP contribution in [0.1, 0.15) is 26.7 Å². The van der Waals surface area contributed by atoms with Gasteiger partial charge in [-0.2, -0.15) is 0 Å². The molecular formula is C11H15NO4. The summed E-state index contributed by atoms with van der Waals surface area (Å²) in [7, 11) is 0. The van der Waals surface area contributed by atoms with Crippen LogP contribution in [0.25, 0.3) is 0 Å². The molecule has 5 nitrogen and oxygen atoms in total. The van der Waals surface area contributed by atoms with Crippen LogP contribution in [0.15, 0.2) is 0 Å². The second kappa shape index (κ2) is 3.30. The molecule has 16 heavy (non-hydrogen) atoms. The summed E-state index contributed by atoms with van der Waals surface area (Å²) < 4.78 is 0. The SMILES string of the molecule is CC1(C)C(CN2C(=O)CCC2=O)C1C(=O)O. The monoisotopic (exact) mass is 225 g/mol. The van der Waals surface area contributed by atoms with Crippen molar-refractivity contribution in [1.82, 2.24) is 4.90 Å². The first kappa shape index (κ1) is 11.1. The van der Waals surface area contributed by atoms with Gasteiger partial charge in [0.15, 0.2) is 0 Å². The Labute approximate surface area is 93.4 Å². The zero-order valence-electron chi connectivity index (χ0n) is 9.40. The van der Waals surface area contributed by atoms with Crippen LogP contribution in [-0.2, 0) is 14.4 Å². The van der Waals surface area contributed by atoms with Crippen molar-refractivity contribution >= 4 is 17.8 Å². The largest absolute Gasteiger partial charge is 0.481 e. The summed E-state index contributed by atoms with van der Waals surface area (Å²) in [6.07, 6.45) is 0.535. The van der Waals surface area contributed by atoms with Crippen molar-refractivity contribution in [2.75, 3.05) is 6.54 Å². The smallest absolute Gasteiger partial charge is 0.307 e. The van der Waals surface area contributed by atoms with E-state index in [4.69, 9.17) is 5.11 Å². The molecule has 2 atom stereocenters. The number of nitrogens with zero attached hydrogens (tertiary/aromatic N) is 1. The van der Waals surface area contributed by atoms with Crippen LogP contribution < -0.4 is 0 Å². The minimum Gasteiger partial charge on any atom is -0.481 e. The lowest BCUT2D eigenvalue weighted by Crippen LogP contribution is -2.32. The first-order valence-corrected chi connectivity index (χ1v) is 5.41. The van der Waals surface area contributed by atoms with E-state index in [0.29, 0.717) is 0 Å². The van der Waals surface area contributed by atoms with Crippen molar-refractivity contribution in [2.45, 2.75) is 26.7 Å². The van der Waals surface area contributed by atoms with Crippen molar-refractivity contribution in [3.8, 4) is 0 Å². The summed E-state index contributed by atoms with van der Waals surface area (Å²) in [4.78, 5) is 34.9. The molecule has 0 aromatic carbocycles. The Balaban J connectivity index is 2.04. The number of aliphatic carboxylic acids is 1. The molecule has 0 radical (unpaired) electrons. The molecule has 1 saturated heterocycles. The lowest BCUT2D eigenvalue weighted by Gasteiger charge is -2.14.